The Labute approximate surface area is 109 Å². The van der Waals surface area contributed by atoms with E-state index < -0.39 is 0 Å². The molecule has 0 amide bonds. The summed E-state index contributed by atoms with van der Waals surface area (Å²) in [5.74, 6) is 0.427. The summed E-state index contributed by atoms with van der Waals surface area (Å²) < 4.78 is 5.75. The molecule has 0 fully saturated rings. The maximum Gasteiger partial charge on any atom is 0.0723 e. The first-order chi connectivity index (χ1) is 8.75. The number of hydrogen-bond donors (Lipinski definition) is 0. The topological polar surface area (TPSA) is 9.23 Å². The Kier molecular flexibility index (Phi) is 2.92. The third-order valence-electron chi connectivity index (χ3n) is 3.54. The van der Waals surface area contributed by atoms with Crippen molar-refractivity contribution in [1.29, 1.82) is 0 Å². The molecule has 0 aliphatic heterocycles. The Morgan fingerprint density at radius 3 is 2.50 bits per heavy atom. The molecule has 1 nitrogen and oxygen atoms in total. The fourth-order valence-corrected chi connectivity index (χ4v) is 2.65. The largest absolute Gasteiger partial charge is 0.374 e. The Morgan fingerprint density at radius 1 is 1.00 bits per heavy atom. The molecule has 0 saturated heterocycles. The monoisotopic (exact) mass is 238 g/mol. The molecule has 0 spiro atoms. The second kappa shape index (κ2) is 4.58. The van der Waals surface area contributed by atoms with Gasteiger partial charge in [-0.05, 0) is 36.1 Å². The zero-order valence-electron chi connectivity index (χ0n) is 10.9. The summed E-state index contributed by atoms with van der Waals surface area (Å²) in [6.45, 7) is 4.86. The molecule has 18 heavy (non-hydrogen) atoms. The summed E-state index contributed by atoms with van der Waals surface area (Å²) in [5.41, 5.74) is 5.47. The highest BCUT2D eigenvalue weighted by Gasteiger charge is 2.27. The lowest BCUT2D eigenvalue weighted by molar-refractivity contribution is 0.0982. The van der Waals surface area contributed by atoms with Gasteiger partial charge in [0.25, 0.3) is 0 Å². The Hall–Kier alpha value is -1.60. The van der Waals surface area contributed by atoms with Crippen molar-refractivity contribution < 1.29 is 4.74 Å². The second-order valence-corrected chi connectivity index (χ2v) is 5.16. The molecule has 1 unspecified atom stereocenters. The molecule has 0 heterocycles. The summed E-state index contributed by atoms with van der Waals surface area (Å²) in [7, 11) is 0. The van der Waals surface area contributed by atoms with E-state index in [4.69, 9.17) is 4.74 Å². The fraction of sp³-hybridized carbons (Fsp3) is 0.294. The van der Waals surface area contributed by atoms with Crippen LogP contribution < -0.4 is 0 Å². The van der Waals surface area contributed by atoms with Crippen molar-refractivity contribution in [2.75, 3.05) is 6.61 Å². The molecule has 3 aliphatic rings. The van der Waals surface area contributed by atoms with Crippen LogP contribution in [0.15, 0.2) is 70.9 Å². The number of allylic oxidation sites excluding steroid dienone is 10. The van der Waals surface area contributed by atoms with Crippen LogP contribution in [0, 0.1) is 5.92 Å². The Morgan fingerprint density at radius 2 is 1.72 bits per heavy atom. The molecular weight excluding hydrogens is 220 g/mol. The summed E-state index contributed by atoms with van der Waals surface area (Å²) in [6, 6.07) is 0. The molecule has 92 valence electrons. The molecule has 0 bridgehead atoms. The van der Waals surface area contributed by atoms with Gasteiger partial charge in [-0.2, -0.15) is 0 Å². The van der Waals surface area contributed by atoms with E-state index >= 15 is 0 Å². The van der Waals surface area contributed by atoms with Gasteiger partial charge in [0.2, 0.25) is 0 Å². The van der Waals surface area contributed by atoms with E-state index in [1.807, 2.05) is 0 Å². The first-order valence-corrected chi connectivity index (χ1v) is 6.55. The molecule has 1 heteroatoms. The van der Waals surface area contributed by atoms with Crippen molar-refractivity contribution in [2.24, 2.45) is 5.92 Å². The quantitative estimate of drug-likeness (QED) is 0.725. The molecule has 0 saturated carbocycles. The van der Waals surface area contributed by atoms with Crippen LogP contribution in [0.2, 0.25) is 0 Å². The van der Waals surface area contributed by atoms with Crippen LogP contribution in [-0.4, -0.2) is 12.7 Å². The summed E-state index contributed by atoms with van der Waals surface area (Å²) >= 11 is 0. The summed E-state index contributed by atoms with van der Waals surface area (Å²) in [5, 5.41) is 0. The highest BCUT2D eigenvalue weighted by molar-refractivity contribution is 5.60. The first-order valence-electron chi connectivity index (χ1n) is 6.55. The average molecular weight is 238 g/mol. The minimum atomic E-state index is 0.275. The zero-order valence-corrected chi connectivity index (χ0v) is 10.9. The highest BCUT2D eigenvalue weighted by atomic mass is 16.5. The molecular formula is C17H18O. The van der Waals surface area contributed by atoms with Gasteiger partial charge in [0.05, 0.1) is 12.7 Å². The van der Waals surface area contributed by atoms with Crippen molar-refractivity contribution in [2.45, 2.75) is 20.0 Å². The Balaban J connectivity index is 1.96. The maximum atomic E-state index is 5.75. The third kappa shape index (κ3) is 1.95. The number of rotatable bonds is 3. The molecule has 0 aromatic heterocycles. The molecule has 0 radical (unpaired) electrons. The van der Waals surface area contributed by atoms with E-state index in [1.165, 1.54) is 22.3 Å². The van der Waals surface area contributed by atoms with E-state index in [-0.39, 0.29) is 6.10 Å². The molecule has 3 rings (SSSR count). The summed E-state index contributed by atoms with van der Waals surface area (Å²) in [6.07, 6.45) is 17.8. The number of hydrogen-bond acceptors (Lipinski definition) is 1. The van der Waals surface area contributed by atoms with Crippen molar-refractivity contribution >= 4 is 0 Å². The zero-order chi connectivity index (χ0) is 12.5. The predicted molar refractivity (Wildman–Crippen MR) is 75.2 cm³/mol. The molecule has 3 aliphatic carbocycles. The van der Waals surface area contributed by atoms with Crippen molar-refractivity contribution in [3.63, 3.8) is 0 Å². The van der Waals surface area contributed by atoms with E-state index in [1.54, 1.807) is 0 Å². The van der Waals surface area contributed by atoms with Crippen LogP contribution >= 0.6 is 0 Å². The number of ether oxygens (including phenoxy) is 1. The predicted octanol–water partition coefficient (Wildman–Crippen LogP) is 3.89. The van der Waals surface area contributed by atoms with E-state index in [0.717, 1.165) is 0 Å². The van der Waals surface area contributed by atoms with Gasteiger partial charge in [0.15, 0.2) is 0 Å². The van der Waals surface area contributed by atoms with E-state index in [2.05, 4.69) is 62.5 Å². The van der Waals surface area contributed by atoms with Crippen molar-refractivity contribution in [3.8, 4) is 0 Å². The molecule has 0 N–H and O–H groups in total. The second-order valence-electron chi connectivity index (χ2n) is 5.16. The highest BCUT2D eigenvalue weighted by Crippen LogP contribution is 2.40. The maximum absolute atomic E-state index is 5.75. The van der Waals surface area contributed by atoms with Crippen LogP contribution in [0.3, 0.4) is 0 Å². The first kappa shape index (κ1) is 11.5. The smallest absolute Gasteiger partial charge is 0.0723 e. The van der Waals surface area contributed by atoms with Gasteiger partial charge in [-0.15, -0.1) is 0 Å². The van der Waals surface area contributed by atoms with Crippen molar-refractivity contribution in [3.05, 3.63) is 70.9 Å². The van der Waals surface area contributed by atoms with E-state index in [0.29, 0.717) is 12.5 Å². The lowest BCUT2D eigenvalue weighted by Gasteiger charge is -2.31. The SMILES string of the molecule is CC(C)OCC1=C2C=CC=C3C=CC=C(C=C1)C32. The van der Waals surface area contributed by atoms with Gasteiger partial charge >= 0.3 is 0 Å². The normalized spacial score (nSPS) is 24.3. The lowest BCUT2D eigenvalue weighted by atomic mass is 9.74. The molecule has 1 atom stereocenters. The van der Waals surface area contributed by atoms with Gasteiger partial charge in [0.1, 0.15) is 0 Å². The van der Waals surface area contributed by atoms with Gasteiger partial charge in [-0.1, -0.05) is 48.6 Å². The third-order valence-corrected chi connectivity index (χ3v) is 3.54. The lowest BCUT2D eigenvalue weighted by Crippen LogP contribution is -2.19. The average Bonchev–Trinajstić information content (AvgIpc) is 2.38. The summed E-state index contributed by atoms with van der Waals surface area (Å²) in [4.78, 5) is 0. The van der Waals surface area contributed by atoms with Gasteiger partial charge in [0, 0.05) is 5.92 Å². The Bertz CT molecular complexity index is 528. The standard InChI is InChI=1S/C17H18O/c1-12(2)18-11-15-10-9-14-6-3-5-13-7-4-8-16(15)17(13)14/h3-10,12,17H,11H2,1-2H3. The molecule has 0 aromatic rings. The molecule has 0 aromatic carbocycles. The van der Waals surface area contributed by atoms with Crippen LogP contribution in [0.25, 0.3) is 0 Å². The van der Waals surface area contributed by atoms with Gasteiger partial charge < -0.3 is 4.74 Å². The van der Waals surface area contributed by atoms with Crippen LogP contribution in [-0.2, 0) is 4.74 Å². The van der Waals surface area contributed by atoms with Crippen LogP contribution in [0.4, 0.5) is 0 Å². The van der Waals surface area contributed by atoms with Gasteiger partial charge in [-0.3, -0.25) is 0 Å². The van der Waals surface area contributed by atoms with Crippen molar-refractivity contribution in [1.82, 2.24) is 0 Å². The van der Waals surface area contributed by atoms with Crippen LogP contribution in [0.1, 0.15) is 13.8 Å². The van der Waals surface area contributed by atoms with Crippen LogP contribution in [0.5, 0.6) is 0 Å². The van der Waals surface area contributed by atoms with E-state index in [9.17, 15) is 0 Å². The minimum Gasteiger partial charge on any atom is -0.374 e. The minimum absolute atomic E-state index is 0.275. The fourth-order valence-electron chi connectivity index (χ4n) is 2.65. The van der Waals surface area contributed by atoms with Gasteiger partial charge in [-0.25, -0.2) is 0 Å².